The van der Waals surface area contributed by atoms with E-state index in [1.165, 1.54) is 27.9 Å². The summed E-state index contributed by atoms with van der Waals surface area (Å²) in [5, 5.41) is 4.90. The molecule has 0 aliphatic heterocycles. The van der Waals surface area contributed by atoms with Crippen molar-refractivity contribution in [3.63, 3.8) is 0 Å². The number of nitrogens with one attached hydrogen (secondary N) is 1. The number of nitrogens with zero attached hydrogens (tertiary/aromatic N) is 3. The molecular formula is C20H24N4OS2. The third-order valence-electron chi connectivity index (χ3n) is 4.55. The van der Waals surface area contributed by atoms with Gasteiger partial charge in [0.25, 0.3) is 0 Å². The number of benzene rings is 1. The Morgan fingerprint density at radius 2 is 1.85 bits per heavy atom. The van der Waals surface area contributed by atoms with E-state index >= 15 is 0 Å². The molecule has 0 aliphatic rings. The average molecular weight is 401 g/mol. The number of fused-ring (bicyclic) bond motifs is 1. The van der Waals surface area contributed by atoms with Crippen molar-refractivity contribution in [3.05, 3.63) is 41.0 Å². The summed E-state index contributed by atoms with van der Waals surface area (Å²) >= 11 is 3.12. The van der Waals surface area contributed by atoms with Crippen molar-refractivity contribution in [1.82, 2.24) is 9.97 Å². The van der Waals surface area contributed by atoms with Gasteiger partial charge in [-0.3, -0.25) is 4.79 Å². The van der Waals surface area contributed by atoms with E-state index in [0.29, 0.717) is 5.75 Å². The number of carbonyl (C=O) groups excluding carboxylic acids is 1. The number of aromatic nitrogens is 2. The molecule has 0 saturated heterocycles. The molecule has 0 fully saturated rings. The number of hydrogen-bond donors (Lipinski definition) is 1. The number of aryl methyl sites for hydroxylation is 2. The predicted molar refractivity (Wildman–Crippen MR) is 116 cm³/mol. The maximum atomic E-state index is 12.4. The highest BCUT2D eigenvalue weighted by Gasteiger charge is 2.14. The summed E-state index contributed by atoms with van der Waals surface area (Å²) in [6.45, 7) is 10.4. The van der Waals surface area contributed by atoms with Gasteiger partial charge in [-0.05, 0) is 57.5 Å². The van der Waals surface area contributed by atoms with Crippen molar-refractivity contribution in [2.75, 3.05) is 29.1 Å². The number of hydrogen-bond acceptors (Lipinski definition) is 6. The molecule has 0 atom stereocenters. The first-order chi connectivity index (χ1) is 13.0. The van der Waals surface area contributed by atoms with E-state index in [1.54, 1.807) is 17.7 Å². The minimum absolute atomic E-state index is 0.0352. The lowest BCUT2D eigenvalue weighted by atomic mass is 10.2. The van der Waals surface area contributed by atoms with Gasteiger partial charge in [0.2, 0.25) is 5.91 Å². The lowest BCUT2D eigenvalue weighted by Crippen LogP contribution is -2.21. The van der Waals surface area contributed by atoms with Gasteiger partial charge in [-0.1, -0.05) is 11.8 Å². The van der Waals surface area contributed by atoms with Gasteiger partial charge in [0.05, 0.1) is 5.75 Å². The van der Waals surface area contributed by atoms with Gasteiger partial charge >= 0.3 is 0 Å². The van der Waals surface area contributed by atoms with Gasteiger partial charge in [-0.25, -0.2) is 9.97 Å². The molecule has 2 heterocycles. The highest BCUT2D eigenvalue weighted by molar-refractivity contribution is 8.00. The van der Waals surface area contributed by atoms with Crippen LogP contribution in [0, 0.1) is 13.8 Å². The number of anilines is 2. The Morgan fingerprint density at radius 1 is 1.15 bits per heavy atom. The molecule has 0 unspecified atom stereocenters. The predicted octanol–water partition coefficient (Wildman–Crippen LogP) is 4.89. The molecule has 142 valence electrons. The van der Waals surface area contributed by atoms with Crippen molar-refractivity contribution in [2.24, 2.45) is 0 Å². The smallest absolute Gasteiger partial charge is 0.234 e. The number of thiophene rings is 1. The second-order valence-electron chi connectivity index (χ2n) is 6.20. The second-order valence-corrected chi connectivity index (χ2v) is 8.37. The van der Waals surface area contributed by atoms with E-state index in [2.05, 4.69) is 47.9 Å². The Kier molecular flexibility index (Phi) is 6.34. The van der Waals surface area contributed by atoms with E-state index in [9.17, 15) is 4.79 Å². The summed E-state index contributed by atoms with van der Waals surface area (Å²) in [6.07, 6.45) is 1.57. The highest BCUT2D eigenvalue weighted by atomic mass is 32.2. The summed E-state index contributed by atoms with van der Waals surface area (Å²) < 4.78 is 0. The topological polar surface area (TPSA) is 58.1 Å². The SMILES string of the molecule is CCN(CC)c1ccc(NC(=O)CSc2ncnc3sc(C)c(C)c23)cc1. The van der Waals surface area contributed by atoms with Crippen LogP contribution in [-0.2, 0) is 4.79 Å². The molecule has 3 rings (SSSR count). The van der Waals surface area contributed by atoms with Crippen molar-refractivity contribution in [1.29, 1.82) is 0 Å². The van der Waals surface area contributed by atoms with E-state index < -0.39 is 0 Å². The van der Waals surface area contributed by atoms with Crippen LogP contribution >= 0.6 is 23.1 Å². The van der Waals surface area contributed by atoms with E-state index in [-0.39, 0.29) is 5.91 Å². The van der Waals surface area contributed by atoms with E-state index in [0.717, 1.165) is 34.0 Å². The normalized spacial score (nSPS) is 11.0. The van der Waals surface area contributed by atoms with Crippen LogP contribution in [0.2, 0.25) is 0 Å². The lowest BCUT2D eigenvalue weighted by molar-refractivity contribution is -0.113. The maximum Gasteiger partial charge on any atom is 0.234 e. The molecule has 1 aromatic carbocycles. The van der Waals surface area contributed by atoms with Crippen molar-refractivity contribution in [3.8, 4) is 0 Å². The zero-order chi connectivity index (χ0) is 19.4. The van der Waals surface area contributed by atoms with Gasteiger partial charge < -0.3 is 10.2 Å². The fourth-order valence-corrected chi connectivity index (χ4v) is 4.85. The lowest BCUT2D eigenvalue weighted by Gasteiger charge is -2.21. The van der Waals surface area contributed by atoms with Crippen molar-refractivity contribution in [2.45, 2.75) is 32.7 Å². The molecular weight excluding hydrogens is 376 g/mol. The van der Waals surface area contributed by atoms with Crippen LogP contribution in [0.5, 0.6) is 0 Å². The fourth-order valence-electron chi connectivity index (χ4n) is 2.93. The first-order valence-electron chi connectivity index (χ1n) is 9.01. The zero-order valence-electron chi connectivity index (χ0n) is 16.1. The summed E-state index contributed by atoms with van der Waals surface area (Å²) in [7, 11) is 0. The first-order valence-corrected chi connectivity index (χ1v) is 10.8. The van der Waals surface area contributed by atoms with Crippen LogP contribution in [0.4, 0.5) is 11.4 Å². The van der Waals surface area contributed by atoms with Crippen LogP contribution in [-0.4, -0.2) is 34.7 Å². The van der Waals surface area contributed by atoms with Gasteiger partial charge in [-0.15, -0.1) is 11.3 Å². The van der Waals surface area contributed by atoms with Gasteiger partial charge in [-0.2, -0.15) is 0 Å². The van der Waals surface area contributed by atoms with Crippen LogP contribution in [0.3, 0.4) is 0 Å². The Morgan fingerprint density at radius 3 is 2.52 bits per heavy atom. The number of thioether (sulfide) groups is 1. The van der Waals surface area contributed by atoms with Crippen LogP contribution in [0.15, 0.2) is 35.6 Å². The molecule has 7 heteroatoms. The fraction of sp³-hybridized carbons (Fsp3) is 0.350. The Labute approximate surface area is 168 Å². The Bertz CT molecular complexity index is 933. The minimum Gasteiger partial charge on any atom is -0.372 e. The van der Waals surface area contributed by atoms with E-state index in [1.807, 2.05) is 24.3 Å². The molecule has 1 amide bonds. The summed E-state index contributed by atoms with van der Waals surface area (Å²) in [5.74, 6) is 0.282. The van der Waals surface area contributed by atoms with Gasteiger partial charge in [0.15, 0.2) is 0 Å². The molecule has 1 N–H and O–H groups in total. The Hall–Kier alpha value is -2.12. The molecule has 3 aromatic rings. The van der Waals surface area contributed by atoms with Crippen LogP contribution in [0.25, 0.3) is 10.2 Å². The maximum absolute atomic E-state index is 12.4. The zero-order valence-corrected chi connectivity index (χ0v) is 17.7. The van der Waals surface area contributed by atoms with Gasteiger partial charge in [0.1, 0.15) is 16.2 Å². The standard InChI is InChI=1S/C20H24N4OS2/c1-5-24(6-2)16-9-7-15(8-10-16)23-17(25)11-26-19-18-13(3)14(4)27-20(18)22-12-21-19/h7-10,12H,5-6,11H2,1-4H3,(H,23,25). The minimum atomic E-state index is -0.0352. The van der Waals surface area contributed by atoms with Crippen LogP contribution < -0.4 is 10.2 Å². The summed E-state index contributed by atoms with van der Waals surface area (Å²) in [5.41, 5.74) is 3.18. The third kappa shape index (κ3) is 4.42. The number of carbonyl (C=O) groups is 1. The molecule has 0 saturated carbocycles. The molecule has 0 spiro atoms. The van der Waals surface area contributed by atoms with Gasteiger partial charge in [0, 0.05) is 34.7 Å². The molecule has 2 aromatic heterocycles. The largest absolute Gasteiger partial charge is 0.372 e. The molecule has 0 aliphatic carbocycles. The quantitative estimate of drug-likeness (QED) is 0.452. The highest BCUT2D eigenvalue weighted by Crippen LogP contribution is 2.34. The molecule has 5 nitrogen and oxygen atoms in total. The molecule has 27 heavy (non-hydrogen) atoms. The molecule has 0 bridgehead atoms. The van der Waals surface area contributed by atoms with Crippen molar-refractivity contribution >= 4 is 50.6 Å². The second kappa shape index (κ2) is 8.71. The Balaban J connectivity index is 1.64. The summed E-state index contributed by atoms with van der Waals surface area (Å²) in [4.78, 5) is 25.6. The first kappa shape index (κ1) is 19.6. The number of rotatable bonds is 7. The number of amides is 1. The monoisotopic (exact) mass is 400 g/mol. The van der Waals surface area contributed by atoms with Crippen molar-refractivity contribution < 1.29 is 4.79 Å². The molecule has 0 radical (unpaired) electrons. The summed E-state index contributed by atoms with van der Waals surface area (Å²) in [6, 6.07) is 7.99. The van der Waals surface area contributed by atoms with Crippen LogP contribution in [0.1, 0.15) is 24.3 Å². The third-order valence-corrected chi connectivity index (χ3v) is 6.65. The van der Waals surface area contributed by atoms with E-state index in [4.69, 9.17) is 0 Å². The average Bonchev–Trinajstić information content (AvgIpc) is 2.97.